The van der Waals surface area contributed by atoms with E-state index in [1.165, 1.54) is 12.4 Å². The molecular weight excluding hydrogens is 434 g/mol. The number of halogens is 2. The fourth-order valence-corrected chi connectivity index (χ4v) is 5.18. The van der Waals surface area contributed by atoms with Crippen molar-refractivity contribution in [3.8, 4) is 0 Å². The summed E-state index contributed by atoms with van der Waals surface area (Å²) in [7, 11) is -4.34. The third kappa shape index (κ3) is 4.94. The highest BCUT2D eigenvalue weighted by molar-refractivity contribution is 7.93. The van der Waals surface area contributed by atoms with Crippen LogP contribution in [-0.2, 0) is 16.6 Å². The number of piperidine rings is 1. The first-order chi connectivity index (χ1) is 14.4. The molecule has 1 aromatic heterocycles. The lowest BCUT2D eigenvalue weighted by Gasteiger charge is -2.36. The van der Waals surface area contributed by atoms with E-state index in [1.54, 1.807) is 6.08 Å². The predicted octanol–water partition coefficient (Wildman–Crippen LogP) is 2.53. The van der Waals surface area contributed by atoms with Crippen molar-refractivity contribution in [2.45, 2.75) is 36.7 Å². The summed E-state index contributed by atoms with van der Waals surface area (Å²) < 4.78 is 60.0. The van der Waals surface area contributed by atoms with Crippen molar-refractivity contribution >= 4 is 26.7 Å². The lowest BCUT2D eigenvalue weighted by Crippen LogP contribution is -2.40. The molecular formula is C18H24F2N6O2S2. The highest BCUT2D eigenvalue weighted by Crippen LogP contribution is 2.28. The van der Waals surface area contributed by atoms with Gasteiger partial charge in [-0.15, -0.1) is 0 Å². The molecule has 0 saturated carbocycles. The maximum absolute atomic E-state index is 14.8. The Labute approximate surface area is 179 Å². The topological polar surface area (TPSA) is 127 Å². The molecule has 2 aromatic rings. The Bertz CT molecular complexity index is 1050. The lowest BCUT2D eigenvalue weighted by molar-refractivity contribution is 0.163. The molecule has 0 unspecified atom stereocenters. The summed E-state index contributed by atoms with van der Waals surface area (Å²) in [5, 5.41) is -0.0379. The summed E-state index contributed by atoms with van der Waals surface area (Å²) in [6.45, 7) is 0.771. The Morgan fingerprint density at radius 1 is 1.33 bits per heavy atom. The van der Waals surface area contributed by atoms with Gasteiger partial charge in [0.05, 0.1) is 0 Å². The van der Waals surface area contributed by atoms with Crippen molar-refractivity contribution in [1.82, 2.24) is 14.3 Å². The zero-order valence-corrected chi connectivity index (χ0v) is 17.6. The summed E-state index contributed by atoms with van der Waals surface area (Å²) in [4.78, 5) is 4.88. The van der Waals surface area contributed by atoms with Gasteiger partial charge in [0.15, 0.2) is 0 Å². The van der Waals surface area contributed by atoms with E-state index in [4.69, 9.17) is 11.5 Å². The van der Waals surface area contributed by atoms with Crippen molar-refractivity contribution in [2.75, 3.05) is 11.3 Å². The average molecular weight is 459 g/mol. The van der Waals surface area contributed by atoms with Crippen molar-refractivity contribution in [2.24, 2.45) is 11.5 Å². The van der Waals surface area contributed by atoms with Crippen LogP contribution in [0.25, 0.3) is 0 Å². The molecule has 8 nitrogen and oxygen atoms in total. The smallest absolute Gasteiger partial charge is 0.266 e. The van der Waals surface area contributed by atoms with Gasteiger partial charge in [0.1, 0.15) is 22.9 Å². The second kappa shape index (κ2) is 9.49. The molecule has 3 rings (SSSR count). The molecule has 0 radical (unpaired) electrons. The zero-order chi connectivity index (χ0) is 21.7. The van der Waals surface area contributed by atoms with Crippen molar-refractivity contribution in [1.29, 1.82) is 0 Å². The second-order valence-electron chi connectivity index (χ2n) is 6.73. The molecule has 12 heteroatoms. The third-order valence-corrected chi connectivity index (χ3v) is 6.89. The van der Waals surface area contributed by atoms with Crippen molar-refractivity contribution in [3.63, 3.8) is 0 Å². The highest BCUT2D eigenvalue weighted by atomic mass is 32.2. The normalized spacial score (nSPS) is 18.7. The van der Waals surface area contributed by atoms with Crippen molar-refractivity contribution < 1.29 is 18.6 Å². The number of anilines is 1. The number of nitrogens with two attached hydrogens (primary N) is 2. The van der Waals surface area contributed by atoms with Crippen LogP contribution in [0.5, 0.6) is 0 Å². The molecule has 0 bridgehead atoms. The minimum Gasteiger partial charge on any atom is -0.405 e. The summed E-state index contributed by atoms with van der Waals surface area (Å²) in [5.41, 5.74) is 12.0. The van der Waals surface area contributed by atoms with Gasteiger partial charge in [0, 0.05) is 31.1 Å². The fraction of sp³-hybridized carbons (Fsp3) is 0.333. The Morgan fingerprint density at radius 2 is 2.13 bits per heavy atom. The van der Waals surface area contributed by atoms with Crippen LogP contribution in [-0.4, -0.2) is 35.3 Å². The Kier molecular flexibility index (Phi) is 7.00. The number of nitrogens with one attached hydrogen (secondary N) is 1. The highest BCUT2D eigenvalue weighted by Gasteiger charge is 2.28. The van der Waals surface area contributed by atoms with E-state index in [9.17, 15) is 17.2 Å². The molecule has 30 heavy (non-hydrogen) atoms. The van der Waals surface area contributed by atoms with E-state index in [0.29, 0.717) is 12.6 Å². The van der Waals surface area contributed by atoms with Gasteiger partial charge in [-0.3, -0.25) is 9.62 Å². The standard InChI is InChI=1S/C18H22F2N6O2S2.H2/c19-14-8-17(30(27,28)25-18-23-11-24-29-18)15(20)7-13(14)10-26-6-2-1-3-16(26)12(9-22)4-5-21;/h4-5,7-9,11,16H,1-3,6,10,21-22H2,(H,23,24,25);1H/b5-4-,12-9+;/t16-;/m1./s1. The predicted molar refractivity (Wildman–Crippen MR) is 113 cm³/mol. The molecule has 1 saturated heterocycles. The number of rotatable bonds is 7. The summed E-state index contributed by atoms with van der Waals surface area (Å²) in [6.07, 6.45) is 8.37. The number of likely N-dealkylation sites (tertiary alicyclic amines) is 1. The van der Waals surface area contributed by atoms with Crippen molar-refractivity contribution in [3.05, 3.63) is 59.7 Å². The fourth-order valence-electron chi connectivity index (χ4n) is 3.45. The van der Waals surface area contributed by atoms with Crippen LogP contribution >= 0.6 is 11.5 Å². The number of benzene rings is 1. The monoisotopic (exact) mass is 458 g/mol. The first-order valence-corrected chi connectivity index (χ1v) is 11.4. The maximum atomic E-state index is 14.8. The van der Waals surface area contributed by atoms with E-state index in [0.717, 1.165) is 48.8 Å². The van der Waals surface area contributed by atoms with E-state index in [2.05, 4.69) is 14.1 Å². The van der Waals surface area contributed by atoms with Crippen LogP contribution in [0.1, 0.15) is 26.3 Å². The van der Waals surface area contributed by atoms with Crippen LogP contribution in [0.3, 0.4) is 0 Å². The molecule has 0 spiro atoms. The summed E-state index contributed by atoms with van der Waals surface area (Å²) in [6, 6.07) is 1.51. The van der Waals surface area contributed by atoms with Crippen LogP contribution < -0.4 is 16.2 Å². The minimum absolute atomic E-state index is 0. The number of nitrogens with zero attached hydrogens (tertiary/aromatic N) is 3. The Hall–Kier alpha value is -2.57. The van der Waals surface area contributed by atoms with Gasteiger partial charge in [-0.25, -0.2) is 22.2 Å². The largest absolute Gasteiger partial charge is 0.405 e. The molecule has 1 atom stereocenters. The van der Waals surface area contributed by atoms with Gasteiger partial charge in [0.25, 0.3) is 10.0 Å². The van der Waals surface area contributed by atoms with Gasteiger partial charge >= 0.3 is 0 Å². The molecule has 5 N–H and O–H groups in total. The molecule has 1 aliphatic rings. The lowest BCUT2D eigenvalue weighted by atomic mass is 9.94. The molecule has 1 fully saturated rings. The molecule has 2 heterocycles. The Balaban J connectivity index is 0.00000341. The number of hydrogen-bond acceptors (Lipinski definition) is 8. The van der Waals surface area contributed by atoms with Gasteiger partial charge in [-0.05, 0) is 55.6 Å². The van der Waals surface area contributed by atoms with E-state index in [1.807, 2.05) is 4.90 Å². The summed E-state index contributed by atoms with van der Waals surface area (Å²) >= 11 is 0.786. The van der Waals surface area contributed by atoms with E-state index < -0.39 is 26.6 Å². The molecule has 1 aromatic carbocycles. The SMILES string of the molecule is N/C=C\C(=C/N)[C@H]1CCCCN1Cc1cc(F)c(S(=O)(=O)Nc2ncns2)cc1F.[HH]. The molecule has 0 aliphatic carbocycles. The molecule has 1 aliphatic heterocycles. The van der Waals surface area contributed by atoms with E-state index in [-0.39, 0.29) is 24.7 Å². The number of sulfonamides is 1. The number of aromatic nitrogens is 2. The zero-order valence-electron chi connectivity index (χ0n) is 16.0. The molecule has 164 valence electrons. The van der Waals surface area contributed by atoms with Gasteiger partial charge in [0.2, 0.25) is 5.13 Å². The van der Waals surface area contributed by atoms with Gasteiger partial charge in [-0.1, -0.05) is 6.42 Å². The quantitative estimate of drug-likeness (QED) is 0.544. The van der Waals surface area contributed by atoms with Gasteiger partial charge < -0.3 is 11.5 Å². The van der Waals surface area contributed by atoms with Crippen LogP contribution in [0.2, 0.25) is 0 Å². The maximum Gasteiger partial charge on any atom is 0.266 e. The van der Waals surface area contributed by atoms with Crippen LogP contribution in [0.15, 0.2) is 47.4 Å². The van der Waals surface area contributed by atoms with Crippen LogP contribution in [0.4, 0.5) is 13.9 Å². The van der Waals surface area contributed by atoms with Crippen LogP contribution in [0, 0.1) is 11.6 Å². The average Bonchev–Trinajstić information content (AvgIpc) is 3.21. The summed E-state index contributed by atoms with van der Waals surface area (Å²) in [5.74, 6) is -1.86. The third-order valence-electron chi connectivity index (χ3n) is 4.83. The van der Waals surface area contributed by atoms with E-state index >= 15 is 0 Å². The second-order valence-corrected chi connectivity index (χ2v) is 9.16. The minimum atomic E-state index is -4.34. The first-order valence-electron chi connectivity index (χ1n) is 9.17. The van der Waals surface area contributed by atoms with Gasteiger partial charge in [-0.2, -0.15) is 4.37 Å². The Morgan fingerprint density at radius 3 is 2.80 bits per heavy atom. The first kappa shape index (κ1) is 22.1. The molecule has 0 amide bonds. The number of hydrogen-bond donors (Lipinski definition) is 3.